The van der Waals surface area contributed by atoms with Crippen molar-refractivity contribution in [3.63, 3.8) is 0 Å². The van der Waals surface area contributed by atoms with Gasteiger partial charge < -0.3 is 15.4 Å². The normalized spacial score (nSPS) is 18.0. The molecule has 1 heterocycles. The van der Waals surface area contributed by atoms with Gasteiger partial charge in [0.25, 0.3) is 5.56 Å². The molecule has 4 rings (SSSR count). The standard InChI is InChI=1S/C27H29FN4O2/c1-17-3-5-19(6-4-17)26-24(20-7-8-21(16-29)23(28)15-20)31-25(18-9-11-22(30)12-10-18)27(34)32(26)13-2-14-33/h3-8,15,18,22,33H,2,9-14,30H2,1H3. The van der Waals surface area contributed by atoms with Gasteiger partial charge in [0.15, 0.2) is 0 Å². The lowest BCUT2D eigenvalue weighted by Gasteiger charge is -2.27. The second-order valence-corrected chi connectivity index (χ2v) is 9.01. The Balaban J connectivity index is 1.99. The maximum Gasteiger partial charge on any atom is 0.273 e. The van der Waals surface area contributed by atoms with E-state index in [1.165, 1.54) is 12.1 Å². The van der Waals surface area contributed by atoms with Crippen LogP contribution in [0.1, 0.15) is 54.8 Å². The van der Waals surface area contributed by atoms with E-state index in [4.69, 9.17) is 16.0 Å². The second-order valence-electron chi connectivity index (χ2n) is 9.01. The molecule has 1 aromatic heterocycles. The maximum absolute atomic E-state index is 14.6. The van der Waals surface area contributed by atoms with Gasteiger partial charge in [0.1, 0.15) is 17.6 Å². The molecule has 3 N–H and O–H groups in total. The molecule has 1 saturated carbocycles. The molecule has 0 radical (unpaired) electrons. The van der Waals surface area contributed by atoms with Crippen molar-refractivity contribution < 1.29 is 9.50 Å². The molecule has 3 aromatic rings. The van der Waals surface area contributed by atoms with E-state index in [0.717, 1.165) is 36.8 Å². The van der Waals surface area contributed by atoms with Gasteiger partial charge in [-0.1, -0.05) is 35.9 Å². The van der Waals surface area contributed by atoms with Crippen LogP contribution >= 0.6 is 0 Å². The fraction of sp³-hybridized carbons (Fsp3) is 0.370. The van der Waals surface area contributed by atoms with E-state index in [1.54, 1.807) is 10.6 Å². The first kappa shape index (κ1) is 23.8. The monoisotopic (exact) mass is 460 g/mol. The highest BCUT2D eigenvalue weighted by Gasteiger charge is 2.27. The van der Waals surface area contributed by atoms with E-state index in [2.05, 4.69) is 0 Å². The van der Waals surface area contributed by atoms with E-state index in [-0.39, 0.29) is 29.7 Å². The van der Waals surface area contributed by atoms with Gasteiger partial charge in [0.2, 0.25) is 0 Å². The van der Waals surface area contributed by atoms with Gasteiger partial charge >= 0.3 is 0 Å². The largest absolute Gasteiger partial charge is 0.396 e. The second kappa shape index (κ2) is 10.3. The van der Waals surface area contributed by atoms with Crippen LogP contribution in [0.2, 0.25) is 0 Å². The van der Waals surface area contributed by atoms with Crippen molar-refractivity contribution in [2.75, 3.05) is 6.61 Å². The minimum absolute atomic E-state index is 0.0262. The van der Waals surface area contributed by atoms with Gasteiger partial charge in [-0.25, -0.2) is 9.37 Å². The SMILES string of the molecule is Cc1ccc(-c2c(-c3ccc(C#N)c(F)c3)nc(C3CCC(N)CC3)c(=O)n2CCCO)cc1. The zero-order chi connectivity index (χ0) is 24.2. The molecule has 1 aliphatic rings. The topological polar surface area (TPSA) is 105 Å². The van der Waals surface area contributed by atoms with Gasteiger partial charge in [-0.05, 0) is 51.2 Å². The van der Waals surface area contributed by atoms with Crippen LogP contribution in [0.5, 0.6) is 0 Å². The van der Waals surface area contributed by atoms with Crippen LogP contribution in [0.4, 0.5) is 4.39 Å². The zero-order valence-corrected chi connectivity index (χ0v) is 19.3. The molecule has 34 heavy (non-hydrogen) atoms. The molecule has 0 saturated heterocycles. The first-order valence-electron chi connectivity index (χ1n) is 11.7. The molecule has 0 aliphatic heterocycles. The quantitative estimate of drug-likeness (QED) is 0.572. The van der Waals surface area contributed by atoms with Crippen LogP contribution in [0, 0.1) is 24.1 Å². The Kier molecular flexibility index (Phi) is 7.20. The van der Waals surface area contributed by atoms with Crippen molar-refractivity contribution in [3.8, 4) is 28.6 Å². The van der Waals surface area contributed by atoms with Gasteiger partial charge in [-0.3, -0.25) is 4.79 Å². The van der Waals surface area contributed by atoms with Crippen LogP contribution in [0.15, 0.2) is 47.3 Å². The molecule has 7 heteroatoms. The summed E-state index contributed by atoms with van der Waals surface area (Å²) < 4.78 is 16.3. The van der Waals surface area contributed by atoms with E-state index in [9.17, 15) is 14.3 Å². The number of halogens is 1. The van der Waals surface area contributed by atoms with E-state index in [0.29, 0.717) is 35.6 Å². The highest BCUT2D eigenvalue weighted by molar-refractivity contribution is 5.79. The highest BCUT2D eigenvalue weighted by Crippen LogP contribution is 2.35. The van der Waals surface area contributed by atoms with Crippen LogP contribution in [-0.4, -0.2) is 27.3 Å². The Morgan fingerprint density at radius 3 is 2.44 bits per heavy atom. The number of nitrogens with zero attached hydrogens (tertiary/aromatic N) is 3. The van der Waals surface area contributed by atoms with Crippen molar-refractivity contribution >= 4 is 0 Å². The molecule has 0 amide bonds. The molecule has 176 valence electrons. The number of hydrogen-bond donors (Lipinski definition) is 2. The molecule has 6 nitrogen and oxygen atoms in total. The summed E-state index contributed by atoms with van der Waals surface area (Å²) in [6.07, 6.45) is 3.59. The number of hydrogen-bond acceptors (Lipinski definition) is 5. The number of aromatic nitrogens is 2. The fourth-order valence-electron chi connectivity index (χ4n) is 4.65. The Hall–Kier alpha value is -3.34. The third kappa shape index (κ3) is 4.79. The van der Waals surface area contributed by atoms with Crippen LogP contribution in [0.3, 0.4) is 0 Å². The fourth-order valence-corrected chi connectivity index (χ4v) is 4.65. The number of aryl methyl sites for hydroxylation is 1. The molecule has 2 aromatic carbocycles. The van der Waals surface area contributed by atoms with E-state index < -0.39 is 5.82 Å². The van der Waals surface area contributed by atoms with Crippen molar-refractivity contribution in [2.45, 2.75) is 57.5 Å². The van der Waals surface area contributed by atoms with Crippen LogP contribution in [0.25, 0.3) is 22.5 Å². The predicted molar refractivity (Wildman–Crippen MR) is 130 cm³/mol. The molecular weight excluding hydrogens is 431 g/mol. The van der Waals surface area contributed by atoms with Crippen molar-refractivity contribution in [3.05, 3.63) is 75.5 Å². The average Bonchev–Trinajstić information content (AvgIpc) is 2.84. The summed E-state index contributed by atoms with van der Waals surface area (Å²) in [5.74, 6) is -0.656. The Labute approximate surface area is 198 Å². The average molecular weight is 461 g/mol. The third-order valence-corrected chi connectivity index (χ3v) is 6.58. The van der Waals surface area contributed by atoms with Crippen LogP contribution in [-0.2, 0) is 6.54 Å². The summed E-state index contributed by atoms with van der Waals surface area (Å²) in [5, 5.41) is 18.7. The molecule has 1 aliphatic carbocycles. The van der Waals surface area contributed by atoms with Gasteiger partial charge in [-0.2, -0.15) is 5.26 Å². The molecule has 0 spiro atoms. The first-order valence-corrected chi connectivity index (χ1v) is 11.7. The summed E-state index contributed by atoms with van der Waals surface area (Å²) in [5.41, 5.74) is 9.75. The van der Waals surface area contributed by atoms with Gasteiger partial charge in [0.05, 0.1) is 17.0 Å². The molecule has 0 unspecified atom stereocenters. The summed E-state index contributed by atoms with van der Waals surface area (Å²) >= 11 is 0. The minimum atomic E-state index is -0.630. The van der Waals surface area contributed by atoms with Crippen LogP contribution < -0.4 is 11.3 Å². The van der Waals surface area contributed by atoms with Gasteiger partial charge in [-0.15, -0.1) is 0 Å². The smallest absolute Gasteiger partial charge is 0.273 e. The van der Waals surface area contributed by atoms with E-state index >= 15 is 0 Å². The lowest BCUT2D eigenvalue weighted by Crippen LogP contribution is -2.33. The zero-order valence-electron chi connectivity index (χ0n) is 19.3. The number of rotatable bonds is 6. The summed E-state index contributed by atoms with van der Waals surface area (Å²) in [4.78, 5) is 18.6. The third-order valence-electron chi connectivity index (χ3n) is 6.58. The minimum Gasteiger partial charge on any atom is -0.396 e. The van der Waals surface area contributed by atoms with Crippen molar-refractivity contribution in [2.24, 2.45) is 5.73 Å². The Morgan fingerprint density at radius 2 is 1.82 bits per heavy atom. The maximum atomic E-state index is 14.6. The highest BCUT2D eigenvalue weighted by atomic mass is 19.1. The predicted octanol–water partition coefficient (Wildman–Crippen LogP) is 4.26. The van der Waals surface area contributed by atoms with E-state index in [1.807, 2.05) is 37.3 Å². The number of nitrogens with two attached hydrogens (primary N) is 1. The van der Waals surface area contributed by atoms with Crippen molar-refractivity contribution in [1.29, 1.82) is 5.26 Å². The lowest BCUT2D eigenvalue weighted by atomic mass is 9.84. The molecule has 0 atom stereocenters. The molecular formula is C27H29FN4O2. The number of nitriles is 1. The number of aliphatic hydroxyl groups excluding tert-OH is 1. The van der Waals surface area contributed by atoms with Crippen molar-refractivity contribution in [1.82, 2.24) is 9.55 Å². The summed E-state index contributed by atoms with van der Waals surface area (Å²) in [7, 11) is 0. The van der Waals surface area contributed by atoms with Gasteiger partial charge in [0, 0.05) is 36.2 Å². The summed E-state index contributed by atoms with van der Waals surface area (Å²) in [6, 6.07) is 14.1. The molecule has 0 bridgehead atoms. The molecule has 1 fully saturated rings. The Bertz CT molecular complexity index is 1270. The lowest BCUT2D eigenvalue weighted by molar-refractivity contribution is 0.279. The summed E-state index contributed by atoms with van der Waals surface area (Å²) in [6.45, 7) is 2.23. The number of benzene rings is 2. The first-order chi connectivity index (χ1) is 16.4. The Morgan fingerprint density at radius 1 is 1.15 bits per heavy atom. The number of aliphatic hydroxyl groups is 1.